The number of hydrogen-bond acceptors (Lipinski definition) is 5. The molecule has 6 nitrogen and oxygen atoms in total. The molecule has 0 aromatic carbocycles. The second-order valence-corrected chi connectivity index (χ2v) is 7.36. The number of carbonyl (C=O) groups is 1. The smallest absolute Gasteiger partial charge is 0.341 e. The minimum atomic E-state index is -0.287. The van der Waals surface area contributed by atoms with Gasteiger partial charge < -0.3 is 9.64 Å². The van der Waals surface area contributed by atoms with E-state index in [0.29, 0.717) is 12.2 Å². The Balaban J connectivity index is 1.84. The zero-order valence-electron chi connectivity index (χ0n) is 15.3. The molecule has 6 heteroatoms. The lowest BCUT2D eigenvalue weighted by Crippen LogP contribution is -2.24. The van der Waals surface area contributed by atoms with Crippen molar-refractivity contribution >= 4 is 22.7 Å². The summed E-state index contributed by atoms with van der Waals surface area (Å²) >= 11 is 0. The molecule has 1 saturated heterocycles. The predicted molar refractivity (Wildman–Crippen MR) is 96.9 cm³/mol. The van der Waals surface area contributed by atoms with Crippen LogP contribution in [0.1, 0.15) is 48.7 Å². The molecule has 2 aromatic rings. The topological polar surface area (TPSA) is 60.2 Å². The van der Waals surface area contributed by atoms with E-state index in [2.05, 4.69) is 15.0 Å². The SMILES string of the molecule is CCOC(=O)c1cnc2c(c(C)nn2C)c1N1CC2CCCCC2C1. The molecule has 4 rings (SSSR count). The summed E-state index contributed by atoms with van der Waals surface area (Å²) in [5, 5.41) is 5.53. The molecule has 2 aromatic heterocycles. The number of pyridine rings is 1. The molecule has 1 saturated carbocycles. The van der Waals surface area contributed by atoms with Crippen LogP contribution in [-0.2, 0) is 11.8 Å². The number of anilines is 1. The molecule has 2 aliphatic rings. The van der Waals surface area contributed by atoms with Crippen molar-refractivity contribution in [3.05, 3.63) is 17.5 Å². The quantitative estimate of drug-likeness (QED) is 0.802. The Bertz CT molecular complexity index is 799. The van der Waals surface area contributed by atoms with E-state index in [1.807, 2.05) is 20.9 Å². The van der Waals surface area contributed by atoms with Gasteiger partial charge in [-0.25, -0.2) is 9.78 Å². The number of esters is 1. The molecule has 3 heterocycles. The van der Waals surface area contributed by atoms with Crippen molar-refractivity contribution in [1.29, 1.82) is 0 Å². The maximum absolute atomic E-state index is 12.6. The van der Waals surface area contributed by atoms with Gasteiger partial charge in [-0.1, -0.05) is 12.8 Å². The summed E-state index contributed by atoms with van der Waals surface area (Å²) in [5.74, 6) is 1.19. The molecule has 2 fully saturated rings. The van der Waals surface area contributed by atoms with Crippen molar-refractivity contribution in [2.24, 2.45) is 18.9 Å². The van der Waals surface area contributed by atoms with E-state index in [9.17, 15) is 4.79 Å². The highest BCUT2D eigenvalue weighted by molar-refractivity contribution is 6.05. The van der Waals surface area contributed by atoms with E-state index in [1.54, 1.807) is 10.9 Å². The first-order chi connectivity index (χ1) is 12.1. The lowest BCUT2D eigenvalue weighted by Gasteiger charge is -2.22. The van der Waals surface area contributed by atoms with Crippen LogP contribution in [0.25, 0.3) is 11.0 Å². The molecule has 2 atom stereocenters. The Hall–Kier alpha value is -2.11. The lowest BCUT2D eigenvalue weighted by atomic mass is 9.82. The zero-order valence-corrected chi connectivity index (χ0v) is 15.3. The summed E-state index contributed by atoms with van der Waals surface area (Å²) < 4.78 is 7.11. The average Bonchev–Trinajstić information content (AvgIpc) is 3.15. The largest absolute Gasteiger partial charge is 0.462 e. The average molecular weight is 342 g/mol. The molecule has 0 amide bonds. The van der Waals surface area contributed by atoms with E-state index >= 15 is 0 Å². The number of nitrogens with zero attached hydrogens (tertiary/aromatic N) is 4. The Kier molecular flexibility index (Phi) is 4.13. The van der Waals surface area contributed by atoms with E-state index < -0.39 is 0 Å². The Morgan fingerprint density at radius 2 is 1.96 bits per heavy atom. The second-order valence-electron chi connectivity index (χ2n) is 7.36. The number of carbonyl (C=O) groups excluding carboxylic acids is 1. The van der Waals surface area contributed by atoms with Crippen LogP contribution in [0, 0.1) is 18.8 Å². The number of rotatable bonds is 3. The highest BCUT2D eigenvalue weighted by atomic mass is 16.5. The van der Waals surface area contributed by atoms with Gasteiger partial charge in [-0.2, -0.15) is 5.10 Å². The van der Waals surface area contributed by atoms with Gasteiger partial charge in [-0.05, 0) is 38.5 Å². The summed E-state index contributed by atoms with van der Waals surface area (Å²) in [4.78, 5) is 19.5. The van der Waals surface area contributed by atoms with Crippen molar-refractivity contribution < 1.29 is 9.53 Å². The first-order valence-electron chi connectivity index (χ1n) is 9.34. The molecule has 2 unspecified atom stereocenters. The van der Waals surface area contributed by atoms with Crippen LogP contribution in [0.5, 0.6) is 0 Å². The standard InChI is InChI=1S/C19H26N4O2/c1-4-25-19(24)15-9-20-18-16(12(2)21-22(18)3)17(15)23-10-13-7-5-6-8-14(13)11-23/h9,13-14H,4-8,10-11H2,1-3H3. The summed E-state index contributed by atoms with van der Waals surface area (Å²) in [6.45, 7) is 6.23. The number of aromatic nitrogens is 3. The molecule has 0 N–H and O–H groups in total. The first-order valence-corrected chi connectivity index (χ1v) is 9.34. The predicted octanol–water partition coefficient (Wildman–Crippen LogP) is 3.08. The van der Waals surface area contributed by atoms with Crippen LogP contribution in [0.3, 0.4) is 0 Å². The van der Waals surface area contributed by atoms with Crippen molar-refractivity contribution in [3.63, 3.8) is 0 Å². The number of fused-ring (bicyclic) bond motifs is 2. The van der Waals surface area contributed by atoms with Gasteiger partial charge >= 0.3 is 5.97 Å². The van der Waals surface area contributed by atoms with Gasteiger partial charge in [0.05, 0.1) is 23.4 Å². The van der Waals surface area contributed by atoms with E-state index in [-0.39, 0.29) is 5.97 Å². The van der Waals surface area contributed by atoms with Gasteiger partial charge in [0.1, 0.15) is 5.56 Å². The second kappa shape index (κ2) is 6.32. The Morgan fingerprint density at radius 3 is 2.60 bits per heavy atom. The molecule has 0 spiro atoms. The fraction of sp³-hybridized carbons (Fsp3) is 0.632. The van der Waals surface area contributed by atoms with Gasteiger partial charge in [0.25, 0.3) is 0 Å². The van der Waals surface area contributed by atoms with Crippen LogP contribution < -0.4 is 4.90 Å². The summed E-state index contributed by atoms with van der Waals surface area (Å²) in [5.41, 5.74) is 3.30. The third-order valence-corrected chi connectivity index (χ3v) is 5.79. The summed E-state index contributed by atoms with van der Waals surface area (Å²) in [7, 11) is 1.90. The first kappa shape index (κ1) is 16.4. The highest BCUT2D eigenvalue weighted by Gasteiger charge is 2.37. The molecule has 134 valence electrons. The third-order valence-electron chi connectivity index (χ3n) is 5.79. The van der Waals surface area contributed by atoms with E-state index in [0.717, 1.165) is 47.3 Å². The molecule has 0 radical (unpaired) electrons. The summed E-state index contributed by atoms with van der Waals surface area (Å²) in [6.07, 6.45) is 6.93. The van der Waals surface area contributed by atoms with E-state index in [1.165, 1.54) is 25.7 Å². The van der Waals surface area contributed by atoms with Gasteiger partial charge in [0.15, 0.2) is 5.65 Å². The van der Waals surface area contributed by atoms with Crippen molar-refractivity contribution in [3.8, 4) is 0 Å². The minimum Gasteiger partial charge on any atom is -0.462 e. The van der Waals surface area contributed by atoms with Gasteiger partial charge in [0.2, 0.25) is 0 Å². The summed E-state index contributed by atoms with van der Waals surface area (Å²) in [6, 6.07) is 0. The maximum Gasteiger partial charge on any atom is 0.341 e. The van der Waals surface area contributed by atoms with Crippen molar-refractivity contribution in [2.75, 3.05) is 24.6 Å². The molecule has 25 heavy (non-hydrogen) atoms. The monoisotopic (exact) mass is 342 g/mol. The van der Waals surface area contributed by atoms with Crippen LogP contribution in [0.2, 0.25) is 0 Å². The van der Waals surface area contributed by atoms with Crippen LogP contribution in [0.4, 0.5) is 5.69 Å². The normalized spacial score (nSPS) is 23.1. The molecular formula is C19H26N4O2. The molecule has 1 aliphatic carbocycles. The number of aryl methyl sites for hydroxylation is 2. The van der Waals surface area contributed by atoms with Gasteiger partial charge in [0, 0.05) is 26.3 Å². The zero-order chi connectivity index (χ0) is 17.6. The van der Waals surface area contributed by atoms with Crippen LogP contribution in [0.15, 0.2) is 6.20 Å². The van der Waals surface area contributed by atoms with Crippen molar-refractivity contribution in [1.82, 2.24) is 14.8 Å². The Labute approximate surface area is 148 Å². The maximum atomic E-state index is 12.6. The van der Waals surface area contributed by atoms with Crippen LogP contribution in [-0.4, -0.2) is 40.4 Å². The van der Waals surface area contributed by atoms with Crippen LogP contribution >= 0.6 is 0 Å². The van der Waals surface area contributed by atoms with E-state index in [4.69, 9.17) is 4.74 Å². The molecular weight excluding hydrogens is 316 g/mol. The van der Waals surface area contributed by atoms with Gasteiger partial charge in [-0.15, -0.1) is 0 Å². The third kappa shape index (κ3) is 2.68. The Morgan fingerprint density at radius 1 is 1.28 bits per heavy atom. The fourth-order valence-electron chi connectivity index (χ4n) is 4.67. The lowest BCUT2D eigenvalue weighted by molar-refractivity contribution is 0.0527. The van der Waals surface area contributed by atoms with Gasteiger partial charge in [-0.3, -0.25) is 4.68 Å². The minimum absolute atomic E-state index is 0.287. The number of hydrogen-bond donors (Lipinski definition) is 0. The highest BCUT2D eigenvalue weighted by Crippen LogP contribution is 2.41. The molecule has 0 bridgehead atoms. The number of ether oxygens (including phenoxy) is 1. The van der Waals surface area contributed by atoms with Crippen molar-refractivity contribution in [2.45, 2.75) is 39.5 Å². The fourth-order valence-corrected chi connectivity index (χ4v) is 4.67. The molecule has 1 aliphatic heterocycles.